The maximum atomic E-state index is 3.25. The molecule has 15 heavy (non-hydrogen) atoms. The van der Waals surface area contributed by atoms with Gasteiger partial charge in [0.05, 0.1) is 0 Å². The largest absolute Gasteiger partial charge is 4.00 e. The van der Waals surface area contributed by atoms with Crippen LogP contribution in [-0.2, 0) is 26.2 Å². The minimum absolute atomic E-state index is 0. The minimum Gasteiger partial charge on any atom is -0.346 e. The van der Waals surface area contributed by atoms with Crippen LogP contribution in [0.5, 0.6) is 0 Å². The minimum atomic E-state index is 0. The summed E-state index contributed by atoms with van der Waals surface area (Å²) in [5.74, 6) is 0. The predicted octanol–water partition coefficient (Wildman–Crippen LogP) is 4.29. The Kier molecular flexibility index (Phi) is 31.9. The van der Waals surface area contributed by atoms with Crippen LogP contribution in [0.3, 0.4) is 0 Å². The Hall–Kier alpha value is -0.157. The monoisotopic (exact) mass is 278 g/mol. The normalized spacial score (nSPS) is 12.5. The first kappa shape index (κ1) is 20.3. The first-order valence-electron chi connectivity index (χ1n) is 4.85. The fourth-order valence-electron chi connectivity index (χ4n) is 0.680. The summed E-state index contributed by atoms with van der Waals surface area (Å²) < 4.78 is 0. The van der Waals surface area contributed by atoms with Crippen molar-refractivity contribution < 1.29 is 26.2 Å². The summed E-state index contributed by atoms with van der Waals surface area (Å²) in [6.07, 6.45) is 20.0. The van der Waals surface area contributed by atoms with Crippen LogP contribution in [0.2, 0.25) is 0 Å². The number of hydrogen-bond donors (Lipinski definition) is 0. The van der Waals surface area contributed by atoms with Gasteiger partial charge in [-0.05, 0) is 0 Å². The molecule has 0 aromatic heterocycles. The molecule has 0 amide bonds. The van der Waals surface area contributed by atoms with E-state index >= 15 is 0 Å². The van der Waals surface area contributed by atoms with E-state index in [0.29, 0.717) is 0 Å². The van der Waals surface area contributed by atoms with E-state index in [4.69, 9.17) is 0 Å². The van der Waals surface area contributed by atoms with E-state index in [1.54, 1.807) is 13.8 Å². The van der Waals surface area contributed by atoms with Crippen molar-refractivity contribution in [3.05, 3.63) is 62.5 Å². The maximum absolute atomic E-state index is 3.25. The average Bonchev–Trinajstić information content (AvgIpc) is 3.01. The van der Waals surface area contributed by atoms with Gasteiger partial charge in [-0.2, -0.15) is 26.0 Å². The van der Waals surface area contributed by atoms with Gasteiger partial charge in [0, 0.05) is 0 Å². The van der Waals surface area contributed by atoms with Crippen LogP contribution < -0.4 is 0 Å². The van der Waals surface area contributed by atoms with Crippen molar-refractivity contribution >= 4 is 0 Å². The Morgan fingerprint density at radius 3 is 1.20 bits per heavy atom. The van der Waals surface area contributed by atoms with Crippen molar-refractivity contribution in [1.29, 1.82) is 0 Å². The van der Waals surface area contributed by atoms with Gasteiger partial charge in [-0.3, -0.25) is 12.2 Å². The van der Waals surface area contributed by atoms with Crippen molar-refractivity contribution in [2.24, 2.45) is 0 Å². The molecule has 0 radical (unpaired) electrons. The van der Waals surface area contributed by atoms with Gasteiger partial charge in [-0.25, -0.2) is 24.3 Å². The SMILES string of the molecule is [C-]1=CC=CC1.[C-]1=CC=CC1.[CH2-]C.[CH2-]C.[Zr+4]. The van der Waals surface area contributed by atoms with Crippen LogP contribution in [0.4, 0.5) is 0 Å². The average molecular weight is 280 g/mol. The molecule has 0 aromatic carbocycles. The van der Waals surface area contributed by atoms with Crippen molar-refractivity contribution in [2.45, 2.75) is 26.7 Å². The van der Waals surface area contributed by atoms with Crippen LogP contribution in [0, 0.1) is 26.0 Å². The second-order valence-electron chi connectivity index (χ2n) is 2.01. The van der Waals surface area contributed by atoms with Gasteiger partial charge < -0.3 is 13.8 Å². The van der Waals surface area contributed by atoms with Gasteiger partial charge in [-0.1, -0.05) is 0 Å². The fourth-order valence-corrected chi connectivity index (χ4v) is 0.680. The molecular formula is C14H20Zr. The molecule has 0 bridgehead atoms. The molecule has 0 aromatic rings. The Morgan fingerprint density at radius 2 is 1.13 bits per heavy atom. The molecule has 0 unspecified atom stereocenters. The molecule has 2 aliphatic carbocycles. The third-order valence-electron chi connectivity index (χ3n) is 1.17. The quantitative estimate of drug-likeness (QED) is 0.580. The summed E-state index contributed by atoms with van der Waals surface area (Å²) >= 11 is 0. The Labute approximate surface area is 115 Å². The van der Waals surface area contributed by atoms with E-state index in [1.165, 1.54) is 0 Å². The standard InChI is InChI=1S/2C5H5.2C2H5.Zr/c2*1-2-4-5-3-1;2*1-2;/h2*1-3H,4H2;2*1H2,2H3;/q4*-1;+4. The van der Waals surface area contributed by atoms with Crippen LogP contribution in [0.1, 0.15) is 26.7 Å². The van der Waals surface area contributed by atoms with Crippen LogP contribution >= 0.6 is 0 Å². The molecule has 0 nitrogen and oxygen atoms in total. The molecule has 2 rings (SSSR count). The topological polar surface area (TPSA) is 0 Å². The third kappa shape index (κ3) is 20.0. The van der Waals surface area contributed by atoms with Gasteiger partial charge in [0.25, 0.3) is 0 Å². The molecule has 80 valence electrons. The van der Waals surface area contributed by atoms with Crippen LogP contribution in [0.15, 0.2) is 36.5 Å². The number of rotatable bonds is 0. The first-order chi connectivity index (χ1) is 7.00. The van der Waals surface area contributed by atoms with Gasteiger partial charge >= 0.3 is 26.2 Å². The molecule has 0 aliphatic heterocycles. The second-order valence-corrected chi connectivity index (χ2v) is 2.01. The molecule has 0 atom stereocenters. The zero-order valence-corrected chi connectivity index (χ0v) is 12.3. The van der Waals surface area contributed by atoms with Gasteiger partial charge in [0.2, 0.25) is 0 Å². The molecule has 2 aliphatic rings. The molecule has 0 heterocycles. The van der Waals surface area contributed by atoms with E-state index in [9.17, 15) is 0 Å². The Bertz CT molecular complexity index is 144. The van der Waals surface area contributed by atoms with Crippen molar-refractivity contribution in [3.8, 4) is 0 Å². The van der Waals surface area contributed by atoms with E-state index < -0.39 is 0 Å². The van der Waals surface area contributed by atoms with E-state index in [1.807, 2.05) is 24.3 Å². The number of hydrogen-bond acceptors (Lipinski definition) is 0. The predicted molar refractivity (Wildman–Crippen MR) is 65.2 cm³/mol. The molecule has 0 saturated carbocycles. The Morgan fingerprint density at radius 1 is 0.800 bits per heavy atom. The van der Waals surface area contributed by atoms with E-state index in [-0.39, 0.29) is 26.2 Å². The zero-order chi connectivity index (χ0) is 11.1. The maximum Gasteiger partial charge on any atom is 4.00 e. The first-order valence-corrected chi connectivity index (χ1v) is 4.85. The molecule has 0 fully saturated rings. The van der Waals surface area contributed by atoms with Crippen LogP contribution in [0.25, 0.3) is 0 Å². The van der Waals surface area contributed by atoms with Crippen molar-refractivity contribution in [1.82, 2.24) is 0 Å². The second kappa shape index (κ2) is 23.6. The van der Waals surface area contributed by atoms with Gasteiger partial charge in [0.15, 0.2) is 0 Å². The zero-order valence-electron chi connectivity index (χ0n) is 9.79. The summed E-state index contributed by atoms with van der Waals surface area (Å²) in [6, 6.07) is 0. The smallest absolute Gasteiger partial charge is 0.346 e. The number of allylic oxidation sites excluding steroid dienone is 8. The summed E-state index contributed by atoms with van der Waals surface area (Å²) in [6.45, 7) is 10.0. The van der Waals surface area contributed by atoms with E-state index in [0.717, 1.165) is 12.8 Å². The van der Waals surface area contributed by atoms with Crippen molar-refractivity contribution in [3.63, 3.8) is 0 Å². The van der Waals surface area contributed by atoms with E-state index in [2.05, 4.69) is 38.2 Å². The van der Waals surface area contributed by atoms with Crippen molar-refractivity contribution in [2.75, 3.05) is 0 Å². The molecule has 1 heteroatoms. The third-order valence-corrected chi connectivity index (χ3v) is 1.17. The summed E-state index contributed by atoms with van der Waals surface area (Å²) in [5, 5.41) is 0. The molecular weight excluding hydrogens is 259 g/mol. The summed E-state index contributed by atoms with van der Waals surface area (Å²) in [7, 11) is 0. The molecule has 0 spiro atoms. The Balaban J connectivity index is -0.000000138. The van der Waals surface area contributed by atoms with Gasteiger partial charge in [0.1, 0.15) is 0 Å². The summed E-state index contributed by atoms with van der Waals surface area (Å²) in [5.41, 5.74) is 0. The van der Waals surface area contributed by atoms with Crippen LogP contribution in [-0.4, -0.2) is 0 Å². The fraction of sp³-hybridized carbons (Fsp3) is 0.286. The molecule has 0 saturated heterocycles. The van der Waals surface area contributed by atoms with Gasteiger partial charge in [-0.15, -0.1) is 12.8 Å². The summed E-state index contributed by atoms with van der Waals surface area (Å²) in [4.78, 5) is 0. The molecule has 0 N–H and O–H groups in total.